The van der Waals surface area contributed by atoms with Gasteiger partial charge in [0.25, 0.3) is 0 Å². The van der Waals surface area contributed by atoms with Crippen molar-refractivity contribution in [1.82, 2.24) is 39.0 Å². The van der Waals surface area contributed by atoms with Gasteiger partial charge < -0.3 is 9.13 Å². The monoisotopic (exact) mass is 950 g/mol. The van der Waals surface area contributed by atoms with Crippen LogP contribution >= 0.6 is 0 Å². The summed E-state index contributed by atoms with van der Waals surface area (Å²) in [5, 5.41) is 4.90. The SMILES string of the molecule is c1ccc2nc(-c3ccc(N(c4ccc(-n5c6ccccc6c6ccccc65)cc4)c4cnccn4)cc3)c(-c3ccc(N(c4ccc(-n5c6ccccc6c6ccccc65)cc4)c4cnccn4)cc3)nc2c1. The number of para-hydroxylation sites is 6. The Kier molecular flexibility index (Phi) is 10.2. The Bertz CT molecular complexity index is 3960. The molecule has 0 bridgehead atoms. The van der Waals surface area contributed by atoms with Gasteiger partial charge in [-0.25, -0.2) is 19.9 Å². The first kappa shape index (κ1) is 42.5. The molecule has 0 N–H and O–H groups in total. The summed E-state index contributed by atoms with van der Waals surface area (Å²) in [6.45, 7) is 0. The predicted octanol–water partition coefficient (Wildman–Crippen LogP) is 15.7. The highest BCUT2D eigenvalue weighted by Crippen LogP contribution is 2.41. The molecule has 74 heavy (non-hydrogen) atoms. The molecule has 0 saturated carbocycles. The number of aromatic nitrogens is 8. The molecule has 14 rings (SSSR count). The number of hydrogen-bond donors (Lipinski definition) is 0. The minimum Gasteiger partial charge on any atom is -0.309 e. The van der Waals surface area contributed by atoms with Crippen LogP contribution in [0.4, 0.5) is 34.4 Å². The van der Waals surface area contributed by atoms with Crippen LogP contribution in [0.2, 0.25) is 0 Å². The van der Waals surface area contributed by atoms with E-state index in [2.05, 4.69) is 223 Å². The van der Waals surface area contributed by atoms with E-state index >= 15 is 0 Å². The van der Waals surface area contributed by atoms with E-state index in [-0.39, 0.29) is 0 Å². The standard InChI is InChI=1S/C64H42N10/c1-7-17-57-51(11-1)52-12-2-8-18-58(52)73(57)49-33-29-47(30-34-49)71(61-41-65-37-39-67-61)45-25-21-43(22-26-45)63-64(70-56-16-6-5-15-55(56)69-63)44-23-27-46(28-24-44)72(62-42-66-38-40-68-62)48-31-35-50(36-32-48)74-59-19-9-3-13-53(59)54-14-4-10-20-60(54)74/h1-42H. The van der Waals surface area contributed by atoms with Gasteiger partial charge in [-0.15, -0.1) is 0 Å². The first-order valence-corrected chi connectivity index (χ1v) is 24.5. The molecule has 5 heterocycles. The van der Waals surface area contributed by atoms with Gasteiger partial charge in [0.15, 0.2) is 11.6 Å². The predicted molar refractivity (Wildman–Crippen MR) is 300 cm³/mol. The van der Waals surface area contributed by atoms with Gasteiger partial charge in [0.05, 0.1) is 56.9 Å². The molecule has 0 fully saturated rings. The highest BCUT2D eigenvalue weighted by Gasteiger charge is 2.21. The van der Waals surface area contributed by atoms with Gasteiger partial charge in [0.1, 0.15) is 0 Å². The molecule has 0 spiro atoms. The van der Waals surface area contributed by atoms with Crippen molar-refractivity contribution in [3.63, 3.8) is 0 Å². The largest absolute Gasteiger partial charge is 0.309 e. The average Bonchev–Trinajstić information content (AvgIpc) is 4.00. The molecule has 0 saturated heterocycles. The average molecular weight is 951 g/mol. The molecule has 0 unspecified atom stereocenters. The summed E-state index contributed by atoms with van der Waals surface area (Å²) >= 11 is 0. The minimum absolute atomic E-state index is 0.700. The van der Waals surface area contributed by atoms with Crippen LogP contribution in [0.25, 0.3) is 88.5 Å². The number of hydrogen-bond acceptors (Lipinski definition) is 8. The van der Waals surface area contributed by atoms with E-state index in [0.29, 0.717) is 11.6 Å². The summed E-state index contributed by atoms with van der Waals surface area (Å²) in [5.74, 6) is 1.40. The zero-order chi connectivity index (χ0) is 49.0. The summed E-state index contributed by atoms with van der Waals surface area (Å²) in [6.07, 6.45) is 10.4. The highest BCUT2D eigenvalue weighted by atomic mass is 15.2. The minimum atomic E-state index is 0.700. The number of anilines is 6. The lowest BCUT2D eigenvalue weighted by Gasteiger charge is -2.25. The lowest BCUT2D eigenvalue weighted by atomic mass is 10.0. The molecule has 0 aliphatic heterocycles. The second-order valence-corrected chi connectivity index (χ2v) is 18.1. The van der Waals surface area contributed by atoms with Crippen molar-refractivity contribution < 1.29 is 0 Å². The molecule has 9 aromatic carbocycles. The molecule has 0 aliphatic carbocycles. The summed E-state index contributed by atoms with van der Waals surface area (Å²) < 4.78 is 4.65. The zero-order valence-corrected chi connectivity index (χ0v) is 39.7. The van der Waals surface area contributed by atoms with Gasteiger partial charge in [0, 0.05) is 91.6 Å². The van der Waals surface area contributed by atoms with E-state index in [4.69, 9.17) is 19.9 Å². The number of fused-ring (bicyclic) bond motifs is 7. The molecule has 10 nitrogen and oxygen atoms in total. The van der Waals surface area contributed by atoms with E-state index in [0.717, 1.165) is 89.7 Å². The van der Waals surface area contributed by atoms with Crippen LogP contribution in [0, 0.1) is 0 Å². The van der Waals surface area contributed by atoms with E-state index in [1.807, 2.05) is 24.3 Å². The van der Waals surface area contributed by atoms with Gasteiger partial charge >= 0.3 is 0 Å². The normalized spacial score (nSPS) is 11.5. The quantitative estimate of drug-likeness (QED) is 0.134. The smallest absolute Gasteiger partial charge is 0.156 e. The number of benzene rings is 9. The molecule has 14 aromatic rings. The Morgan fingerprint density at radius 3 is 0.932 bits per heavy atom. The van der Waals surface area contributed by atoms with Crippen LogP contribution in [0.15, 0.2) is 256 Å². The van der Waals surface area contributed by atoms with Crippen molar-refractivity contribution in [3.05, 3.63) is 256 Å². The second-order valence-electron chi connectivity index (χ2n) is 18.1. The Hall–Kier alpha value is -10.3. The van der Waals surface area contributed by atoms with Crippen molar-refractivity contribution in [2.45, 2.75) is 0 Å². The Labute approximate surface area is 425 Å². The maximum absolute atomic E-state index is 5.28. The fraction of sp³-hybridized carbons (Fsp3) is 0. The molecular weight excluding hydrogens is 909 g/mol. The van der Waals surface area contributed by atoms with Crippen molar-refractivity contribution >= 4 is 89.0 Å². The maximum Gasteiger partial charge on any atom is 0.156 e. The van der Waals surface area contributed by atoms with Crippen LogP contribution in [0.1, 0.15) is 0 Å². The number of nitrogens with zero attached hydrogens (tertiary/aromatic N) is 10. The summed E-state index contributed by atoms with van der Waals surface area (Å²) in [7, 11) is 0. The van der Waals surface area contributed by atoms with Crippen molar-refractivity contribution in [2.24, 2.45) is 0 Å². The van der Waals surface area contributed by atoms with Crippen LogP contribution < -0.4 is 9.80 Å². The van der Waals surface area contributed by atoms with E-state index in [9.17, 15) is 0 Å². The van der Waals surface area contributed by atoms with Crippen LogP contribution in [-0.2, 0) is 0 Å². The first-order valence-electron chi connectivity index (χ1n) is 24.5. The van der Waals surface area contributed by atoms with E-state index in [1.165, 1.54) is 21.5 Å². The molecule has 0 amide bonds. The summed E-state index contributed by atoms with van der Waals surface area (Å²) in [5.41, 5.74) is 15.6. The Balaban J connectivity index is 0.812. The Morgan fingerprint density at radius 1 is 0.297 bits per heavy atom. The fourth-order valence-corrected chi connectivity index (χ4v) is 10.5. The third-order valence-corrected chi connectivity index (χ3v) is 13.8. The maximum atomic E-state index is 5.28. The fourth-order valence-electron chi connectivity index (χ4n) is 10.5. The second kappa shape index (κ2) is 17.8. The molecular formula is C64H42N10. The van der Waals surface area contributed by atoms with Gasteiger partial charge in [0.2, 0.25) is 0 Å². The van der Waals surface area contributed by atoms with E-state index in [1.54, 1.807) is 37.2 Å². The molecule has 0 atom stereocenters. The Morgan fingerprint density at radius 2 is 0.608 bits per heavy atom. The third-order valence-electron chi connectivity index (χ3n) is 13.8. The van der Waals surface area contributed by atoms with Gasteiger partial charge in [-0.05, 0) is 109 Å². The van der Waals surface area contributed by atoms with Crippen LogP contribution in [0.5, 0.6) is 0 Å². The summed E-state index contributed by atoms with van der Waals surface area (Å²) in [6, 6.07) is 76.4. The van der Waals surface area contributed by atoms with Gasteiger partial charge in [-0.3, -0.25) is 19.8 Å². The molecule has 5 aromatic heterocycles. The van der Waals surface area contributed by atoms with Gasteiger partial charge in [-0.1, -0.05) is 109 Å². The van der Waals surface area contributed by atoms with Crippen molar-refractivity contribution in [3.8, 4) is 33.9 Å². The first-order chi connectivity index (χ1) is 36.7. The molecule has 10 heteroatoms. The number of rotatable bonds is 10. The van der Waals surface area contributed by atoms with Gasteiger partial charge in [-0.2, -0.15) is 0 Å². The molecule has 348 valence electrons. The lowest BCUT2D eigenvalue weighted by Crippen LogP contribution is -2.12. The van der Waals surface area contributed by atoms with Crippen LogP contribution in [0.3, 0.4) is 0 Å². The zero-order valence-electron chi connectivity index (χ0n) is 39.7. The summed E-state index contributed by atoms with van der Waals surface area (Å²) in [4.78, 5) is 33.3. The van der Waals surface area contributed by atoms with Crippen molar-refractivity contribution in [2.75, 3.05) is 9.80 Å². The topological polar surface area (TPSA) is 93.7 Å². The lowest BCUT2D eigenvalue weighted by molar-refractivity contribution is 1.12. The van der Waals surface area contributed by atoms with E-state index < -0.39 is 0 Å². The van der Waals surface area contributed by atoms with Crippen LogP contribution in [-0.4, -0.2) is 39.0 Å². The third kappa shape index (κ3) is 7.28. The molecule has 0 aliphatic rings. The van der Waals surface area contributed by atoms with Crippen molar-refractivity contribution in [1.29, 1.82) is 0 Å². The molecule has 0 radical (unpaired) electrons. The highest BCUT2D eigenvalue weighted by molar-refractivity contribution is 6.10.